The Hall–Kier alpha value is -1.09. The highest BCUT2D eigenvalue weighted by atomic mass is 32.1. The minimum absolute atomic E-state index is 0.174. The largest absolute Gasteiger partial charge is 0.268 e. The van der Waals surface area contributed by atoms with Gasteiger partial charge in [0.2, 0.25) is 0 Å². The van der Waals surface area contributed by atoms with Crippen molar-refractivity contribution < 1.29 is 0 Å². The molecule has 1 aromatic carbocycles. The average molecular weight is 235 g/mol. The molecule has 16 heavy (non-hydrogen) atoms. The molecule has 0 atom stereocenters. The Morgan fingerprint density at radius 3 is 2.56 bits per heavy atom. The summed E-state index contributed by atoms with van der Waals surface area (Å²) in [7, 11) is 0. The van der Waals surface area contributed by atoms with Gasteiger partial charge in [-0.05, 0) is 18.1 Å². The molecule has 2 rings (SSSR count). The Balaban J connectivity index is 2.38. The first-order valence-corrected chi connectivity index (χ1v) is 6.62. The minimum atomic E-state index is 0.174. The van der Waals surface area contributed by atoms with Crippen LogP contribution in [0.15, 0.2) is 29.1 Å². The second-order valence-corrected chi connectivity index (χ2v) is 5.20. The van der Waals surface area contributed by atoms with Crippen molar-refractivity contribution in [2.45, 2.75) is 33.2 Å². The molecule has 86 valence electrons. The Bertz CT molecular complexity index is 522. The third-order valence-corrected chi connectivity index (χ3v) is 4.22. The van der Waals surface area contributed by atoms with Crippen LogP contribution < -0.4 is 5.56 Å². The molecule has 0 aliphatic rings. The Labute approximate surface area is 99.7 Å². The summed E-state index contributed by atoms with van der Waals surface area (Å²) in [6.07, 6.45) is 2.27. The second-order valence-electron chi connectivity index (χ2n) is 4.14. The van der Waals surface area contributed by atoms with Gasteiger partial charge in [-0.25, -0.2) is 0 Å². The molecule has 1 aromatic heterocycles. The topological polar surface area (TPSA) is 22.0 Å². The standard InChI is InChI=1S/C13H17NOS/c1-3-10(4-2)9-14-13(15)11-7-5-6-8-12(11)16-14/h5-8,10H,3-4,9H2,1-2H3. The monoisotopic (exact) mass is 235 g/mol. The highest BCUT2D eigenvalue weighted by molar-refractivity contribution is 7.13. The van der Waals surface area contributed by atoms with Gasteiger partial charge in [0.25, 0.3) is 5.56 Å². The van der Waals surface area contributed by atoms with E-state index in [4.69, 9.17) is 0 Å². The molecule has 0 radical (unpaired) electrons. The molecule has 0 spiro atoms. The average Bonchev–Trinajstić information content (AvgIpc) is 2.64. The lowest BCUT2D eigenvalue weighted by atomic mass is 10.0. The van der Waals surface area contributed by atoms with Crippen LogP contribution in [-0.4, -0.2) is 3.96 Å². The Morgan fingerprint density at radius 1 is 1.25 bits per heavy atom. The van der Waals surface area contributed by atoms with E-state index < -0.39 is 0 Å². The van der Waals surface area contributed by atoms with E-state index in [0.717, 1.165) is 29.5 Å². The van der Waals surface area contributed by atoms with E-state index in [1.54, 1.807) is 11.5 Å². The van der Waals surface area contributed by atoms with Gasteiger partial charge >= 0.3 is 0 Å². The van der Waals surface area contributed by atoms with Crippen LogP contribution in [-0.2, 0) is 6.54 Å². The molecule has 0 saturated heterocycles. The summed E-state index contributed by atoms with van der Waals surface area (Å²) in [4.78, 5) is 12.1. The first kappa shape index (κ1) is 11.4. The molecule has 3 heteroatoms. The Kier molecular flexibility index (Phi) is 3.44. The molecule has 0 aliphatic heterocycles. The maximum Gasteiger partial charge on any atom is 0.268 e. The summed E-state index contributed by atoms with van der Waals surface area (Å²) in [6, 6.07) is 7.85. The molecular weight excluding hydrogens is 218 g/mol. The van der Waals surface area contributed by atoms with Crippen molar-refractivity contribution >= 4 is 21.6 Å². The van der Waals surface area contributed by atoms with E-state index in [1.807, 2.05) is 28.2 Å². The smallest absolute Gasteiger partial charge is 0.268 e. The van der Waals surface area contributed by atoms with Gasteiger partial charge in [0.1, 0.15) is 0 Å². The summed E-state index contributed by atoms with van der Waals surface area (Å²) in [5.74, 6) is 0.616. The van der Waals surface area contributed by atoms with Gasteiger partial charge in [-0.1, -0.05) is 50.4 Å². The zero-order valence-corrected chi connectivity index (χ0v) is 10.6. The lowest BCUT2D eigenvalue weighted by molar-refractivity contribution is 0.430. The molecular formula is C13H17NOS. The van der Waals surface area contributed by atoms with Crippen molar-refractivity contribution in [3.05, 3.63) is 34.6 Å². The highest BCUT2D eigenvalue weighted by Crippen LogP contribution is 2.18. The molecule has 0 amide bonds. The maximum absolute atomic E-state index is 12.1. The van der Waals surface area contributed by atoms with Crippen LogP contribution in [0.2, 0.25) is 0 Å². The van der Waals surface area contributed by atoms with Gasteiger partial charge < -0.3 is 0 Å². The predicted octanol–water partition coefficient (Wildman–Crippen LogP) is 3.50. The number of aromatic nitrogens is 1. The van der Waals surface area contributed by atoms with Crippen LogP contribution >= 0.6 is 11.5 Å². The normalized spacial score (nSPS) is 11.4. The third-order valence-electron chi connectivity index (χ3n) is 3.13. The number of nitrogens with zero attached hydrogens (tertiary/aromatic N) is 1. The minimum Gasteiger partial charge on any atom is -0.268 e. The fraction of sp³-hybridized carbons (Fsp3) is 0.462. The van der Waals surface area contributed by atoms with E-state index in [1.165, 1.54) is 0 Å². The molecule has 0 N–H and O–H groups in total. The summed E-state index contributed by atoms with van der Waals surface area (Å²) in [6.45, 7) is 5.24. The lowest BCUT2D eigenvalue weighted by Gasteiger charge is -2.10. The first-order chi connectivity index (χ1) is 7.76. The molecule has 0 bridgehead atoms. The maximum atomic E-state index is 12.1. The molecule has 0 unspecified atom stereocenters. The quantitative estimate of drug-likeness (QED) is 0.795. The van der Waals surface area contributed by atoms with Crippen molar-refractivity contribution in [3.8, 4) is 0 Å². The van der Waals surface area contributed by atoms with Crippen LogP contribution in [0.5, 0.6) is 0 Å². The van der Waals surface area contributed by atoms with Crippen molar-refractivity contribution in [1.82, 2.24) is 3.96 Å². The Morgan fingerprint density at radius 2 is 1.94 bits per heavy atom. The number of hydrogen-bond donors (Lipinski definition) is 0. The summed E-state index contributed by atoms with van der Waals surface area (Å²) < 4.78 is 3.00. The fourth-order valence-corrected chi connectivity index (χ4v) is 3.02. The SMILES string of the molecule is CCC(CC)Cn1sc2ccccc2c1=O. The van der Waals surface area contributed by atoms with Gasteiger partial charge in [0, 0.05) is 6.54 Å². The molecule has 1 heterocycles. The van der Waals surface area contributed by atoms with E-state index in [0.29, 0.717) is 5.92 Å². The van der Waals surface area contributed by atoms with Crippen LogP contribution in [0.1, 0.15) is 26.7 Å². The van der Waals surface area contributed by atoms with Gasteiger partial charge in [0.15, 0.2) is 0 Å². The van der Waals surface area contributed by atoms with Crippen molar-refractivity contribution in [2.24, 2.45) is 5.92 Å². The number of fused-ring (bicyclic) bond motifs is 1. The zero-order chi connectivity index (χ0) is 11.5. The van der Waals surface area contributed by atoms with Crippen molar-refractivity contribution in [1.29, 1.82) is 0 Å². The number of benzene rings is 1. The summed E-state index contributed by atoms with van der Waals surface area (Å²) in [5, 5.41) is 0.860. The van der Waals surface area contributed by atoms with E-state index in [9.17, 15) is 4.79 Å². The van der Waals surface area contributed by atoms with Gasteiger partial charge in [-0.3, -0.25) is 8.75 Å². The van der Waals surface area contributed by atoms with Crippen LogP contribution in [0.4, 0.5) is 0 Å². The lowest BCUT2D eigenvalue weighted by Crippen LogP contribution is -2.18. The van der Waals surface area contributed by atoms with Crippen molar-refractivity contribution in [2.75, 3.05) is 0 Å². The summed E-state index contributed by atoms with van der Waals surface area (Å²) in [5.41, 5.74) is 0.174. The first-order valence-electron chi connectivity index (χ1n) is 5.85. The molecule has 2 nitrogen and oxygen atoms in total. The van der Waals surface area contributed by atoms with Gasteiger partial charge in [-0.15, -0.1) is 0 Å². The zero-order valence-electron chi connectivity index (χ0n) is 9.77. The van der Waals surface area contributed by atoms with Crippen LogP contribution in [0.25, 0.3) is 10.1 Å². The second kappa shape index (κ2) is 4.83. The van der Waals surface area contributed by atoms with Gasteiger partial charge in [0.05, 0.1) is 10.1 Å². The number of hydrogen-bond acceptors (Lipinski definition) is 2. The van der Waals surface area contributed by atoms with Crippen LogP contribution in [0, 0.1) is 5.92 Å². The molecule has 2 aromatic rings. The van der Waals surface area contributed by atoms with Crippen LogP contribution in [0.3, 0.4) is 0 Å². The van der Waals surface area contributed by atoms with E-state index >= 15 is 0 Å². The highest BCUT2D eigenvalue weighted by Gasteiger charge is 2.10. The third kappa shape index (κ3) is 2.05. The molecule has 0 fully saturated rings. The summed E-state index contributed by atoms with van der Waals surface area (Å²) >= 11 is 1.59. The van der Waals surface area contributed by atoms with Gasteiger partial charge in [-0.2, -0.15) is 0 Å². The molecule has 0 aliphatic carbocycles. The predicted molar refractivity (Wildman–Crippen MR) is 70.2 cm³/mol. The number of rotatable bonds is 4. The van der Waals surface area contributed by atoms with E-state index in [-0.39, 0.29) is 5.56 Å². The molecule has 0 saturated carbocycles. The fourth-order valence-electron chi connectivity index (χ4n) is 1.92. The van der Waals surface area contributed by atoms with E-state index in [2.05, 4.69) is 13.8 Å². The van der Waals surface area contributed by atoms with Crippen molar-refractivity contribution in [3.63, 3.8) is 0 Å².